The molecule has 1 aliphatic carbocycles. The van der Waals surface area contributed by atoms with Crippen LogP contribution in [0.3, 0.4) is 0 Å². The Bertz CT molecular complexity index is 953. The van der Waals surface area contributed by atoms with Crippen LogP contribution in [-0.4, -0.2) is 72.1 Å². The highest BCUT2D eigenvalue weighted by atomic mass is 16.6. The summed E-state index contributed by atoms with van der Waals surface area (Å²) in [6, 6.07) is 8.80. The average molecular weight is 424 g/mol. The fourth-order valence-electron chi connectivity index (χ4n) is 5.46. The van der Waals surface area contributed by atoms with E-state index in [1.807, 2.05) is 31.2 Å². The largest absolute Gasteiger partial charge is 0.486 e. The van der Waals surface area contributed by atoms with Crippen molar-refractivity contribution in [3.63, 3.8) is 0 Å². The molecule has 1 saturated heterocycles. The van der Waals surface area contributed by atoms with E-state index in [-0.39, 0.29) is 5.78 Å². The normalized spacial score (nSPS) is 20.3. The van der Waals surface area contributed by atoms with Crippen LogP contribution in [0, 0.1) is 13.8 Å². The topological polar surface area (TPSA) is 46.9 Å². The van der Waals surface area contributed by atoms with E-state index in [1.54, 1.807) is 0 Å². The number of ether oxygens (including phenoxy) is 2. The van der Waals surface area contributed by atoms with Gasteiger partial charge >= 0.3 is 0 Å². The minimum atomic E-state index is 0.214. The standard InChI is InChI=1S/C25H33N3O3/c1-18-15-22(19(2)28(18)21-7-8-24-25(16-21)31-14-13-30-24)23(29)17-26-9-11-27(12-10-26)20-5-3-4-6-20/h7-8,15-16,20H,3-6,9-14,17H2,1-2H3. The second-order valence-electron chi connectivity index (χ2n) is 9.12. The first kappa shape index (κ1) is 20.6. The van der Waals surface area contributed by atoms with Gasteiger partial charge in [-0.1, -0.05) is 12.8 Å². The number of rotatable bonds is 5. The van der Waals surface area contributed by atoms with E-state index in [2.05, 4.69) is 21.3 Å². The molecule has 1 aromatic carbocycles. The Morgan fingerprint density at radius 2 is 1.68 bits per heavy atom. The van der Waals surface area contributed by atoms with Crippen molar-refractivity contribution in [1.82, 2.24) is 14.4 Å². The highest BCUT2D eigenvalue weighted by molar-refractivity contribution is 5.99. The number of piperazine rings is 1. The van der Waals surface area contributed by atoms with E-state index in [4.69, 9.17) is 9.47 Å². The third kappa shape index (κ3) is 4.11. The van der Waals surface area contributed by atoms with Gasteiger partial charge in [0.2, 0.25) is 0 Å². The lowest BCUT2D eigenvalue weighted by molar-refractivity contribution is 0.0775. The lowest BCUT2D eigenvalue weighted by Gasteiger charge is -2.37. The first-order valence-electron chi connectivity index (χ1n) is 11.7. The molecule has 0 N–H and O–H groups in total. The van der Waals surface area contributed by atoms with Gasteiger partial charge in [-0.15, -0.1) is 0 Å². The molecule has 0 radical (unpaired) electrons. The van der Waals surface area contributed by atoms with E-state index < -0.39 is 0 Å². The molecule has 1 aromatic heterocycles. The molecule has 0 amide bonds. The molecule has 0 bridgehead atoms. The number of benzene rings is 1. The number of aryl methyl sites for hydroxylation is 1. The summed E-state index contributed by atoms with van der Waals surface area (Å²) in [7, 11) is 0. The van der Waals surface area contributed by atoms with E-state index in [1.165, 1.54) is 25.7 Å². The van der Waals surface area contributed by atoms with Crippen molar-refractivity contribution in [2.75, 3.05) is 45.9 Å². The Morgan fingerprint density at radius 3 is 2.42 bits per heavy atom. The van der Waals surface area contributed by atoms with Gasteiger partial charge in [0, 0.05) is 60.9 Å². The molecule has 6 nitrogen and oxygen atoms in total. The fourth-order valence-corrected chi connectivity index (χ4v) is 5.46. The smallest absolute Gasteiger partial charge is 0.178 e. The number of aromatic nitrogens is 1. The minimum Gasteiger partial charge on any atom is -0.486 e. The maximum absolute atomic E-state index is 13.2. The van der Waals surface area contributed by atoms with Gasteiger partial charge in [0.1, 0.15) is 13.2 Å². The second kappa shape index (κ2) is 8.67. The summed E-state index contributed by atoms with van der Waals surface area (Å²) in [5.74, 6) is 1.76. The molecular weight excluding hydrogens is 390 g/mol. The molecule has 2 aromatic rings. The Balaban J connectivity index is 1.27. The molecule has 2 aliphatic heterocycles. The maximum atomic E-state index is 13.2. The zero-order valence-electron chi connectivity index (χ0n) is 18.7. The molecule has 1 saturated carbocycles. The van der Waals surface area contributed by atoms with Crippen LogP contribution >= 0.6 is 0 Å². The molecule has 0 atom stereocenters. The first-order valence-corrected chi connectivity index (χ1v) is 11.7. The Hall–Kier alpha value is -2.31. The van der Waals surface area contributed by atoms with Crippen molar-refractivity contribution >= 4 is 5.78 Å². The maximum Gasteiger partial charge on any atom is 0.178 e. The van der Waals surface area contributed by atoms with Gasteiger partial charge in [-0.3, -0.25) is 14.6 Å². The van der Waals surface area contributed by atoms with Gasteiger partial charge in [0.05, 0.1) is 6.54 Å². The van der Waals surface area contributed by atoms with Crippen molar-refractivity contribution in [3.05, 3.63) is 41.2 Å². The summed E-state index contributed by atoms with van der Waals surface area (Å²) in [5.41, 5.74) is 3.88. The van der Waals surface area contributed by atoms with Crippen molar-refractivity contribution in [3.8, 4) is 17.2 Å². The SMILES string of the molecule is Cc1cc(C(=O)CN2CCN(C3CCCC3)CC2)c(C)n1-c1ccc2c(c1)OCCO2. The van der Waals surface area contributed by atoms with Crippen molar-refractivity contribution in [2.24, 2.45) is 0 Å². The molecule has 0 unspecified atom stereocenters. The van der Waals surface area contributed by atoms with Crippen molar-refractivity contribution < 1.29 is 14.3 Å². The van der Waals surface area contributed by atoms with Crippen LogP contribution in [-0.2, 0) is 0 Å². The average Bonchev–Trinajstić information content (AvgIpc) is 3.42. The summed E-state index contributed by atoms with van der Waals surface area (Å²) >= 11 is 0. The number of hydrogen-bond donors (Lipinski definition) is 0. The quantitative estimate of drug-likeness (QED) is 0.688. The molecular formula is C25H33N3O3. The first-order chi connectivity index (χ1) is 15.1. The summed E-state index contributed by atoms with van der Waals surface area (Å²) in [6.45, 7) is 9.91. The monoisotopic (exact) mass is 423 g/mol. The third-order valence-electron chi connectivity index (χ3n) is 7.13. The zero-order valence-corrected chi connectivity index (χ0v) is 18.7. The fraction of sp³-hybridized carbons (Fsp3) is 0.560. The lowest BCUT2D eigenvalue weighted by atomic mass is 10.1. The molecule has 31 heavy (non-hydrogen) atoms. The van der Waals surface area contributed by atoms with Crippen LogP contribution in [0.25, 0.3) is 5.69 Å². The van der Waals surface area contributed by atoms with Crippen molar-refractivity contribution in [1.29, 1.82) is 0 Å². The number of nitrogens with zero attached hydrogens (tertiary/aromatic N) is 3. The van der Waals surface area contributed by atoms with E-state index >= 15 is 0 Å². The molecule has 166 valence electrons. The number of hydrogen-bond acceptors (Lipinski definition) is 5. The number of carbonyl (C=O) groups excluding carboxylic acids is 1. The summed E-state index contributed by atoms with van der Waals surface area (Å²) < 4.78 is 13.5. The van der Waals surface area contributed by atoms with E-state index in [0.29, 0.717) is 19.8 Å². The molecule has 2 fully saturated rings. The predicted octanol–water partition coefficient (Wildman–Crippen LogP) is 3.61. The van der Waals surface area contributed by atoms with E-state index in [9.17, 15) is 4.79 Å². The lowest BCUT2D eigenvalue weighted by Crippen LogP contribution is -2.50. The predicted molar refractivity (Wildman–Crippen MR) is 121 cm³/mol. The molecule has 3 heterocycles. The summed E-state index contributed by atoms with van der Waals surface area (Å²) in [5, 5.41) is 0. The van der Waals surface area contributed by atoms with Gasteiger partial charge in [0.25, 0.3) is 0 Å². The molecule has 6 heteroatoms. The summed E-state index contributed by atoms with van der Waals surface area (Å²) in [4.78, 5) is 18.2. The van der Waals surface area contributed by atoms with E-state index in [0.717, 1.165) is 66.4 Å². The number of Topliss-reactive ketones (excluding diaryl/α,β-unsaturated/α-hetero) is 1. The van der Waals surface area contributed by atoms with Gasteiger partial charge in [-0.05, 0) is 44.9 Å². The van der Waals surface area contributed by atoms with Gasteiger partial charge in [0.15, 0.2) is 17.3 Å². The minimum absolute atomic E-state index is 0.214. The molecule has 5 rings (SSSR count). The van der Waals surface area contributed by atoms with Crippen LogP contribution in [0.1, 0.15) is 47.4 Å². The van der Waals surface area contributed by atoms with Crippen molar-refractivity contribution in [2.45, 2.75) is 45.6 Å². The third-order valence-corrected chi connectivity index (χ3v) is 7.13. The van der Waals surface area contributed by atoms with Crippen LogP contribution in [0.4, 0.5) is 0 Å². The number of fused-ring (bicyclic) bond motifs is 1. The molecule has 0 spiro atoms. The Kier molecular flexibility index (Phi) is 5.76. The second-order valence-corrected chi connectivity index (χ2v) is 9.12. The zero-order chi connectivity index (χ0) is 21.4. The molecule has 3 aliphatic rings. The van der Waals surface area contributed by atoms with Crippen LogP contribution in [0.15, 0.2) is 24.3 Å². The van der Waals surface area contributed by atoms with Gasteiger partial charge < -0.3 is 14.0 Å². The van der Waals surface area contributed by atoms with Crippen LogP contribution < -0.4 is 9.47 Å². The highest BCUT2D eigenvalue weighted by Gasteiger charge is 2.27. The van der Waals surface area contributed by atoms with Crippen LogP contribution in [0.5, 0.6) is 11.5 Å². The van der Waals surface area contributed by atoms with Gasteiger partial charge in [-0.25, -0.2) is 0 Å². The van der Waals surface area contributed by atoms with Gasteiger partial charge in [-0.2, -0.15) is 0 Å². The highest BCUT2D eigenvalue weighted by Crippen LogP contribution is 2.33. The van der Waals surface area contributed by atoms with Crippen LogP contribution in [0.2, 0.25) is 0 Å². The summed E-state index contributed by atoms with van der Waals surface area (Å²) in [6.07, 6.45) is 5.46. The Morgan fingerprint density at radius 1 is 0.968 bits per heavy atom. The number of carbonyl (C=O) groups is 1. The Labute approximate surface area is 184 Å². The number of ketones is 1.